The van der Waals surface area contributed by atoms with Gasteiger partial charge in [-0.3, -0.25) is 0 Å². The zero-order valence-electron chi connectivity index (χ0n) is 9.48. The molecule has 0 saturated carbocycles. The van der Waals surface area contributed by atoms with Crippen molar-refractivity contribution in [1.82, 2.24) is 4.98 Å². The molecular weight excluding hydrogens is 329 g/mol. The normalized spacial score (nSPS) is 11.5. The van der Waals surface area contributed by atoms with Crippen molar-refractivity contribution in [3.8, 4) is 0 Å². The van der Waals surface area contributed by atoms with Gasteiger partial charge in [-0.05, 0) is 29.8 Å². The maximum absolute atomic E-state index is 12.1. The van der Waals surface area contributed by atoms with Crippen LogP contribution < -0.4 is 0 Å². The van der Waals surface area contributed by atoms with Crippen molar-refractivity contribution in [2.75, 3.05) is 0 Å². The Morgan fingerprint density at radius 2 is 1.74 bits per heavy atom. The van der Waals surface area contributed by atoms with Crippen molar-refractivity contribution in [2.24, 2.45) is 0 Å². The highest BCUT2D eigenvalue weighted by atomic mass is 35.5. The quantitative estimate of drug-likeness (QED) is 0.850. The topological polar surface area (TPSA) is 47.0 Å². The summed E-state index contributed by atoms with van der Waals surface area (Å²) in [7, 11) is -3.53. The molecule has 2 rings (SSSR count). The van der Waals surface area contributed by atoms with Crippen LogP contribution in [0.3, 0.4) is 0 Å². The number of sulfone groups is 1. The monoisotopic (exact) mass is 335 g/mol. The first-order valence-corrected chi connectivity index (χ1v) is 7.95. The van der Waals surface area contributed by atoms with Crippen LogP contribution >= 0.6 is 34.8 Å². The molecule has 3 nitrogen and oxygen atoms in total. The average molecular weight is 337 g/mol. The Labute approximate surface area is 126 Å². The van der Waals surface area contributed by atoms with Crippen LogP contribution in [-0.4, -0.2) is 13.4 Å². The van der Waals surface area contributed by atoms with E-state index in [9.17, 15) is 8.42 Å². The molecule has 7 heteroatoms. The predicted octanol–water partition coefficient (Wildman–Crippen LogP) is 4.02. The molecule has 0 radical (unpaired) electrons. The van der Waals surface area contributed by atoms with Crippen molar-refractivity contribution in [3.63, 3.8) is 0 Å². The highest BCUT2D eigenvalue weighted by Crippen LogP contribution is 2.24. The minimum atomic E-state index is -3.53. The third-order valence-corrected chi connectivity index (χ3v) is 4.91. The lowest BCUT2D eigenvalue weighted by atomic mass is 10.2. The van der Waals surface area contributed by atoms with Crippen LogP contribution in [0.25, 0.3) is 0 Å². The SMILES string of the molecule is O=S(=O)(Cc1ccc(Cl)c(Cl)c1)c1ccc(Cl)cn1. The Hall–Kier alpha value is -0.810. The minimum absolute atomic E-state index is 0.0250. The van der Waals surface area contributed by atoms with Gasteiger partial charge in [0.1, 0.15) is 0 Å². The first-order chi connectivity index (χ1) is 8.88. The summed E-state index contributed by atoms with van der Waals surface area (Å²) in [4.78, 5) is 3.81. The number of benzene rings is 1. The second-order valence-electron chi connectivity index (χ2n) is 3.82. The Morgan fingerprint density at radius 1 is 1.00 bits per heavy atom. The summed E-state index contributed by atoms with van der Waals surface area (Å²) >= 11 is 17.3. The largest absolute Gasteiger partial charge is 0.243 e. The van der Waals surface area contributed by atoms with E-state index < -0.39 is 9.84 Å². The van der Waals surface area contributed by atoms with Crippen LogP contribution in [0.15, 0.2) is 41.6 Å². The van der Waals surface area contributed by atoms with E-state index >= 15 is 0 Å². The molecule has 0 aliphatic carbocycles. The van der Waals surface area contributed by atoms with E-state index in [0.29, 0.717) is 20.6 Å². The van der Waals surface area contributed by atoms with Gasteiger partial charge < -0.3 is 0 Å². The smallest absolute Gasteiger partial charge is 0.199 e. The standard InChI is InChI=1S/C12H8Cl3NO2S/c13-9-2-4-12(16-6-9)19(17,18)7-8-1-3-10(14)11(15)5-8/h1-6H,7H2. The van der Waals surface area contributed by atoms with E-state index in [2.05, 4.69) is 4.98 Å². The zero-order chi connectivity index (χ0) is 14.0. The van der Waals surface area contributed by atoms with Gasteiger partial charge >= 0.3 is 0 Å². The van der Waals surface area contributed by atoms with Crippen molar-refractivity contribution in [1.29, 1.82) is 0 Å². The van der Waals surface area contributed by atoms with Crippen molar-refractivity contribution in [2.45, 2.75) is 10.8 Å². The fourth-order valence-electron chi connectivity index (χ4n) is 1.47. The van der Waals surface area contributed by atoms with Gasteiger partial charge in [0, 0.05) is 6.20 Å². The molecule has 0 N–H and O–H groups in total. The second-order valence-corrected chi connectivity index (χ2v) is 7.01. The van der Waals surface area contributed by atoms with E-state index in [1.165, 1.54) is 24.4 Å². The van der Waals surface area contributed by atoms with E-state index in [1.807, 2.05) is 0 Å². The highest BCUT2D eigenvalue weighted by Gasteiger charge is 2.17. The number of hydrogen-bond donors (Lipinski definition) is 0. The molecule has 1 heterocycles. The molecular formula is C12H8Cl3NO2S. The minimum Gasteiger partial charge on any atom is -0.243 e. The van der Waals surface area contributed by atoms with Crippen molar-refractivity contribution in [3.05, 3.63) is 57.2 Å². The summed E-state index contributed by atoms with van der Waals surface area (Å²) in [6, 6.07) is 7.55. The lowest BCUT2D eigenvalue weighted by Gasteiger charge is -2.05. The van der Waals surface area contributed by atoms with Crippen molar-refractivity contribution < 1.29 is 8.42 Å². The Kier molecular flexibility index (Phi) is 4.36. The van der Waals surface area contributed by atoms with E-state index in [1.54, 1.807) is 12.1 Å². The van der Waals surface area contributed by atoms with Crippen LogP contribution in [-0.2, 0) is 15.6 Å². The molecule has 0 spiro atoms. The maximum atomic E-state index is 12.1. The van der Waals surface area contributed by atoms with Gasteiger partial charge in [0.15, 0.2) is 14.9 Å². The summed E-state index contributed by atoms with van der Waals surface area (Å²) in [5, 5.41) is 1.06. The van der Waals surface area contributed by atoms with E-state index in [4.69, 9.17) is 34.8 Å². The number of halogens is 3. The van der Waals surface area contributed by atoms with Crippen LogP contribution in [0.1, 0.15) is 5.56 Å². The van der Waals surface area contributed by atoms with Crippen LogP contribution in [0.4, 0.5) is 0 Å². The van der Waals surface area contributed by atoms with Crippen LogP contribution in [0, 0.1) is 0 Å². The van der Waals surface area contributed by atoms with Gasteiger partial charge in [-0.25, -0.2) is 13.4 Å². The zero-order valence-corrected chi connectivity index (χ0v) is 12.6. The molecule has 0 atom stereocenters. The molecule has 0 unspecified atom stereocenters. The number of rotatable bonds is 3. The van der Waals surface area contributed by atoms with Gasteiger partial charge in [0.05, 0.1) is 20.8 Å². The summed E-state index contributed by atoms with van der Waals surface area (Å²) < 4.78 is 24.3. The Bertz CT molecular complexity index is 699. The molecule has 0 amide bonds. The molecule has 1 aromatic heterocycles. The fraction of sp³-hybridized carbons (Fsp3) is 0.0833. The first-order valence-electron chi connectivity index (χ1n) is 5.17. The molecule has 0 bridgehead atoms. The van der Waals surface area contributed by atoms with Gasteiger partial charge in [-0.1, -0.05) is 40.9 Å². The second kappa shape index (κ2) is 5.67. The fourth-order valence-corrected chi connectivity index (χ4v) is 3.16. The van der Waals surface area contributed by atoms with Crippen LogP contribution in [0.2, 0.25) is 15.1 Å². The highest BCUT2D eigenvalue weighted by molar-refractivity contribution is 7.90. The van der Waals surface area contributed by atoms with Gasteiger partial charge in [0.25, 0.3) is 0 Å². The third kappa shape index (κ3) is 3.60. The molecule has 0 fully saturated rings. The first kappa shape index (κ1) is 14.6. The molecule has 2 aromatic rings. The Balaban J connectivity index is 2.30. The number of pyridine rings is 1. The maximum Gasteiger partial charge on any atom is 0.199 e. The summed E-state index contributed by atoms with van der Waals surface area (Å²) in [6.07, 6.45) is 1.29. The third-order valence-electron chi connectivity index (χ3n) is 2.36. The summed E-state index contributed by atoms with van der Waals surface area (Å²) in [6.45, 7) is 0. The molecule has 100 valence electrons. The molecule has 1 aromatic carbocycles. The molecule has 0 saturated heterocycles. The van der Waals surface area contributed by atoms with E-state index in [-0.39, 0.29) is 10.8 Å². The lowest BCUT2D eigenvalue weighted by molar-refractivity contribution is 0.591. The number of aromatic nitrogens is 1. The Morgan fingerprint density at radius 3 is 2.32 bits per heavy atom. The predicted molar refractivity (Wildman–Crippen MR) is 76.6 cm³/mol. The summed E-state index contributed by atoms with van der Waals surface area (Å²) in [5.41, 5.74) is 0.547. The van der Waals surface area contributed by atoms with Crippen LogP contribution in [0.5, 0.6) is 0 Å². The van der Waals surface area contributed by atoms with Crippen molar-refractivity contribution >= 4 is 44.6 Å². The molecule has 19 heavy (non-hydrogen) atoms. The van der Waals surface area contributed by atoms with Gasteiger partial charge in [-0.15, -0.1) is 0 Å². The molecule has 0 aliphatic rings. The van der Waals surface area contributed by atoms with Gasteiger partial charge in [-0.2, -0.15) is 0 Å². The average Bonchev–Trinajstić information content (AvgIpc) is 2.34. The van der Waals surface area contributed by atoms with Gasteiger partial charge in [0.2, 0.25) is 0 Å². The lowest BCUT2D eigenvalue weighted by Crippen LogP contribution is -2.06. The molecule has 0 aliphatic heterocycles. The number of nitrogens with zero attached hydrogens (tertiary/aromatic N) is 1. The number of hydrogen-bond acceptors (Lipinski definition) is 3. The summed E-state index contributed by atoms with van der Waals surface area (Å²) in [5.74, 6) is -0.196. The van der Waals surface area contributed by atoms with E-state index in [0.717, 1.165) is 0 Å².